The summed E-state index contributed by atoms with van der Waals surface area (Å²) >= 11 is 0. The Morgan fingerprint density at radius 3 is 2.88 bits per heavy atom. The van der Waals surface area contributed by atoms with Crippen LogP contribution in [0.3, 0.4) is 0 Å². The van der Waals surface area contributed by atoms with Crippen LogP contribution in [0.2, 0.25) is 0 Å². The molecule has 1 aliphatic heterocycles. The van der Waals surface area contributed by atoms with Crippen LogP contribution in [0, 0.1) is 0 Å². The lowest BCUT2D eigenvalue weighted by Crippen LogP contribution is -2.10. The van der Waals surface area contributed by atoms with E-state index in [1.165, 1.54) is 12.8 Å². The predicted molar refractivity (Wildman–Crippen MR) is 68.4 cm³/mol. The molecule has 2 rings (SSSR count). The zero-order valence-corrected chi connectivity index (χ0v) is 10.5. The maximum absolute atomic E-state index is 11.8. The van der Waals surface area contributed by atoms with E-state index in [0.29, 0.717) is 18.2 Å². The molecule has 1 atom stereocenters. The summed E-state index contributed by atoms with van der Waals surface area (Å²) in [7, 11) is 0. The van der Waals surface area contributed by atoms with Crippen molar-refractivity contribution in [3.63, 3.8) is 0 Å². The maximum atomic E-state index is 11.8. The standard InChI is InChI=1S/C14H19NO2/c1-3-7-11-10-15(11)13-9-6-5-8-12(13)14(16)17-4-2/h5-6,8-9,11H,3-4,7,10H2,1-2H3. The van der Waals surface area contributed by atoms with Gasteiger partial charge >= 0.3 is 5.97 Å². The van der Waals surface area contributed by atoms with E-state index < -0.39 is 0 Å². The molecule has 0 N–H and O–H groups in total. The quantitative estimate of drug-likeness (QED) is 0.578. The van der Waals surface area contributed by atoms with Crippen LogP contribution in [-0.2, 0) is 4.74 Å². The molecule has 1 aromatic rings. The lowest BCUT2D eigenvalue weighted by atomic mass is 10.1. The molecule has 0 amide bonds. The number of rotatable bonds is 5. The van der Waals surface area contributed by atoms with Gasteiger partial charge in [0.05, 0.1) is 17.9 Å². The van der Waals surface area contributed by atoms with E-state index in [1.807, 2.05) is 31.2 Å². The first kappa shape index (κ1) is 12.0. The molecule has 3 heteroatoms. The van der Waals surface area contributed by atoms with E-state index >= 15 is 0 Å². The van der Waals surface area contributed by atoms with Crippen molar-refractivity contribution in [3.05, 3.63) is 29.8 Å². The third kappa shape index (κ3) is 2.60. The van der Waals surface area contributed by atoms with Gasteiger partial charge in [0.15, 0.2) is 0 Å². The highest BCUT2D eigenvalue weighted by Crippen LogP contribution is 2.33. The van der Waals surface area contributed by atoms with Crippen molar-refractivity contribution < 1.29 is 9.53 Å². The van der Waals surface area contributed by atoms with Gasteiger partial charge in [0.25, 0.3) is 0 Å². The van der Waals surface area contributed by atoms with Crippen LogP contribution in [0.1, 0.15) is 37.0 Å². The van der Waals surface area contributed by atoms with Crippen LogP contribution in [0.5, 0.6) is 0 Å². The molecular formula is C14H19NO2. The summed E-state index contributed by atoms with van der Waals surface area (Å²) in [6, 6.07) is 8.31. The summed E-state index contributed by atoms with van der Waals surface area (Å²) in [6.07, 6.45) is 2.37. The lowest BCUT2D eigenvalue weighted by molar-refractivity contribution is 0.0527. The monoisotopic (exact) mass is 233 g/mol. The van der Waals surface area contributed by atoms with Crippen molar-refractivity contribution in [2.24, 2.45) is 0 Å². The Hall–Kier alpha value is -1.51. The Morgan fingerprint density at radius 2 is 2.18 bits per heavy atom. The second-order valence-electron chi connectivity index (χ2n) is 4.33. The van der Waals surface area contributed by atoms with E-state index in [-0.39, 0.29) is 5.97 Å². The van der Waals surface area contributed by atoms with Crippen LogP contribution in [0.25, 0.3) is 0 Å². The molecule has 1 unspecified atom stereocenters. The molecule has 0 aliphatic carbocycles. The van der Waals surface area contributed by atoms with Gasteiger partial charge in [-0.05, 0) is 25.5 Å². The average molecular weight is 233 g/mol. The van der Waals surface area contributed by atoms with Crippen LogP contribution < -0.4 is 4.90 Å². The highest BCUT2D eigenvalue weighted by molar-refractivity contribution is 5.96. The number of esters is 1. The fourth-order valence-electron chi connectivity index (χ4n) is 2.16. The van der Waals surface area contributed by atoms with Gasteiger partial charge < -0.3 is 9.64 Å². The zero-order valence-electron chi connectivity index (χ0n) is 10.5. The van der Waals surface area contributed by atoms with E-state index in [4.69, 9.17) is 4.74 Å². The smallest absolute Gasteiger partial charge is 0.340 e. The molecule has 17 heavy (non-hydrogen) atoms. The number of carbonyl (C=O) groups excluding carboxylic acids is 1. The van der Waals surface area contributed by atoms with Crippen molar-refractivity contribution in [2.45, 2.75) is 32.7 Å². The van der Waals surface area contributed by atoms with Crippen molar-refractivity contribution in [1.29, 1.82) is 0 Å². The summed E-state index contributed by atoms with van der Waals surface area (Å²) in [5.41, 5.74) is 1.71. The SMILES string of the molecule is CCCC1CN1c1ccccc1C(=O)OCC. The number of anilines is 1. The Morgan fingerprint density at radius 1 is 1.41 bits per heavy atom. The minimum absolute atomic E-state index is 0.217. The number of para-hydroxylation sites is 1. The molecule has 1 aliphatic rings. The van der Waals surface area contributed by atoms with Crippen LogP contribution in [0.4, 0.5) is 5.69 Å². The Labute approximate surface area is 102 Å². The highest BCUT2D eigenvalue weighted by Gasteiger charge is 2.35. The van der Waals surface area contributed by atoms with Gasteiger partial charge in [-0.25, -0.2) is 4.79 Å². The minimum atomic E-state index is -0.217. The number of ether oxygens (including phenoxy) is 1. The van der Waals surface area contributed by atoms with Gasteiger partial charge in [-0.2, -0.15) is 0 Å². The van der Waals surface area contributed by atoms with Gasteiger partial charge in [-0.1, -0.05) is 25.5 Å². The van der Waals surface area contributed by atoms with Crippen molar-refractivity contribution in [1.82, 2.24) is 0 Å². The van der Waals surface area contributed by atoms with Crippen LogP contribution in [-0.4, -0.2) is 25.2 Å². The summed E-state index contributed by atoms with van der Waals surface area (Å²) in [4.78, 5) is 14.1. The fraction of sp³-hybridized carbons (Fsp3) is 0.500. The molecule has 1 fully saturated rings. The Kier molecular flexibility index (Phi) is 3.67. The Balaban J connectivity index is 2.15. The predicted octanol–water partition coefficient (Wildman–Crippen LogP) is 2.85. The first-order valence-electron chi connectivity index (χ1n) is 6.30. The van der Waals surface area contributed by atoms with Crippen LogP contribution in [0.15, 0.2) is 24.3 Å². The zero-order chi connectivity index (χ0) is 12.3. The topological polar surface area (TPSA) is 29.3 Å². The van der Waals surface area contributed by atoms with Crippen molar-refractivity contribution in [3.8, 4) is 0 Å². The summed E-state index contributed by atoms with van der Waals surface area (Å²) in [5.74, 6) is -0.217. The molecule has 0 saturated carbocycles. The number of carbonyl (C=O) groups is 1. The molecule has 1 saturated heterocycles. The second-order valence-corrected chi connectivity index (χ2v) is 4.33. The summed E-state index contributed by atoms with van der Waals surface area (Å²) < 4.78 is 5.08. The van der Waals surface area contributed by atoms with E-state index in [9.17, 15) is 4.79 Å². The van der Waals surface area contributed by atoms with E-state index in [1.54, 1.807) is 0 Å². The van der Waals surface area contributed by atoms with E-state index in [2.05, 4.69) is 11.8 Å². The normalized spacial score (nSPS) is 18.0. The largest absolute Gasteiger partial charge is 0.462 e. The van der Waals surface area contributed by atoms with Crippen molar-refractivity contribution in [2.75, 3.05) is 18.1 Å². The summed E-state index contributed by atoms with van der Waals surface area (Å²) in [5, 5.41) is 0. The molecule has 0 radical (unpaired) electrons. The fourth-order valence-corrected chi connectivity index (χ4v) is 2.16. The maximum Gasteiger partial charge on any atom is 0.340 e. The average Bonchev–Trinajstić information content (AvgIpc) is 3.09. The van der Waals surface area contributed by atoms with E-state index in [0.717, 1.165) is 12.2 Å². The van der Waals surface area contributed by atoms with Gasteiger partial charge in [0, 0.05) is 12.6 Å². The molecule has 1 heterocycles. The molecule has 0 bridgehead atoms. The molecule has 0 spiro atoms. The third-order valence-corrected chi connectivity index (χ3v) is 3.05. The van der Waals surface area contributed by atoms with Gasteiger partial charge in [-0.3, -0.25) is 0 Å². The number of benzene rings is 1. The van der Waals surface area contributed by atoms with Crippen molar-refractivity contribution >= 4 is 11.7 Å². The number of nitrogens with zero attached hydrogens (tertiary/aromatic N) is 1. The van der Waals surface area contributed by atoms with Gasteiger partial charge in [0.2, 0.25) is 0 Å². The number of hydrogen-bond donors (Lipinski definition) is 0. The van der Waals surface area contributed by atoms with Crippen LogP contribution >= 0.6 is 0 Å². The summed E-state index contributed by atoms with van der Waals surface area (Å²) in [6.45, 7) is 5.50. The third-order valence-electron chi connectivity index (χ3n) is 3.05. The molecule has 0 aromatic heterocycles. The Bertz CT molecular complexity index is 403. The molecule has 1 aromatic carbocycles. The molecule has 92 valence electrons. The second kappa shape index (κ2) is 5.21. The molecular weight excluding hydrogens is 214 g/mol. The first-order chi connectivity index (χ1) is 8.27. The lowest BCUT2D eigenvalue weighted by Gasteiger charge is -2.10. The number of hydrogen-bond acceptors (Lipinski definition) is 3. The first-order valence-corrected chi connectivity index (χ1v) is 6.30. The molecule has 3 nitrogen and oxygen atoms in total. The minimum Gasteiger partial charge on any atom is -0.462 e. The van der Waals surface area contributed by atoms with Gasteiger partial charge in [0.1, 0.15) is 0 Å². The van der Waals surface area contributed by atoms with Gasteiger partial charge in [-0.15, -0.1) is 0 Å². The highest BCUT2D eigenvalue weighted by atomic mass is 16.5.